The summed E-state index contributed by atoms with van der Waals surface area (Å²) in [4.78, 5) is 15.0. The number of halogens is 1. The lowest BCUT2D eigenvalue weighted by Gasteiger charge is -2.44. The van der Waals surface area contributed by atoms with Gasteiger partial charge in [0.25, 0.3) is 0 Å². The molecule has 27 heavy (non-hydrogen) atoms. The Kier molecular flexibility index (Phi) is 5.59. The van der Waals surface area contributed by atoms with Crippen molar-refractivity contribution in [2.75, 3.05) is 18.1 Å². The van der Waals surface area contributed by atoms with Crippen LogP contribution in [0.1, 0.15) is 38.5 Å². The smallest absolute Gasteiger partial charge is 0.233 e. The summed E-state index contributed by atoms with van der Waals surface area (Å²) in [7, 11) is 0. The number of carbonyl (C=O) groups is 1. The van der Waals surface area contributed by atoms with E-state index in [1.807, 2.05) is 12.1 Å². The summed E-state index contributed by atoms with van der Waals surface area (Å²) >= 11 is 7.39. The minimum Gasteiger partial charge on any atom is -0.339 e. The third-order valence-corrected chi connectivity index (χ3v) is 6.80. The highest BCUT2D eigenvalue weighted by Gasteiger charge is 2.35. The number of carbonyl (C=O) groups excluding carboxylic acids is 1. The number of hydrogen-bond donors (Lipinski definition) is 1. The lowest BCUT2D eigenvalue weighted by Crippen LogP contribution is -2.50. The molecule has 2 aliphatic rings. The molecule has 1 aliphatic carbocycles. The van der Waals surface area contributed by atoms with E-state index in [1.54, 1.807) is 12.1 Å². The highest BCUT2D eigenvalue weighted by Crippen LogP contribution is 2.35. The van der Waals surface area contributed by atoms with Gasteiger partial charge < -0.3 is 10.7 Å². The number of benzene rings is 1. The van der Waals surface area contributed by atoms with Crippen molar-refractivity contribution in [2.45, 2.75) is 49.7 Å². The zero-order valence-corrected chi connectivity index (χ0v) is 16.8. The second-order valence-corrected chi connectivity index (χ2v) is 8.70. The molecule has 2 N–H and O–H groups in total. The molecule has 2 heterocycles. The molecule has 1 amide bonds. The van der Waals surface area contributed by atoms with E-state index in [1.165, 1.54) is 42.1 Å². The molecule has 0 spiro atoms. The van der Waals surface area contributed by atoms with E-state index in [4.69, 9.17) is 17.4 Å². The molecule has 1 aliphatic heterocycles. The van der Waals surface area contributed by atoms with Gasteiger partial charge in [0.1, 0.15) is 0 Å². The Morgan fingerprint density at radius 2 is 2.04 bits per heavy atom. The van der Waals surface area contributed by atoms with E-state index >= 15 is 0 Å². The van der Waals surface area contributed by atoms with Crippen LogP contribution in [-0.2, 0) is 4.79 Å². The van der Waals surface area contributed by atoms with Crippen LogP contribution in [0.15, 0.2) is 29.4 Å². The summed E-state index contributed by atoms with van der Waals surface area (Å²) in [5, 5.41) is 9.48. The summed E-state index contributed by atoms with van der Waals surface area (Å²) in [5.41, 5.74) is 0.803. The van der Waals surface area contributed by atoms with Crippen LogP contribution >= 0.6 is 23.4 Å². The zero-order valence-electron chi connectivity index (χ0n) is 15.2. The molecule has 6 nitrogen and oxygen atoms in total. The van der Waals surface area contributed by atoms with Gasteiger partial charge >= 0.3 is 0 Å². The Labute approximate surface area is 168 Å². The van der Waals surface area contributed by atoms with Crippen LogP contribution in [0, 0.1) is 5.92 Å². The van der Waals surface area contributed by atoms with Crippen molar-refractivity contribution >= 4 is 29.3 Å². The lowest BCUT2D eigenvalue weighted by molar-refractivity contribution is -0.134. The first-order chi connectivity index (χ1) is 13.1. The van der Waals surface area contributed by atoms with Gasteiger partial charge in [-0.1, -0.05) is 48.3 Å². The number of likely N-dealkylation sites (tertiary alicyclic amines) is 1. The molecule has 1 saturated heterocycles. The molecule has 2 fully saturated rings. The second-order valence-electron chi connectivity index (χ2n) is 7.32. The summed E-state index contributed by atoms with van der Waals surface area (Å²) in [5.74, 6) is 7.91. The van der Waals surface area contributed by atoms with Gasteiger partial charge in [0.05, 0.1) is 5.75 Å². The topological polar surface area (TPSA) is 77.0 Å². The van der Waals surface area contributed by atoms with Crippen molar-refractivity contribution in [1.29, 1.82) is 0 Å². The van der Waals surface area contributed by atoms with Crippen molar-refractivity contribution < 1.29 is 4.79 Å². The van der Waals surface area contributed by atoms with Crippen LogP contribution in [-0.4, -0.2) is 44.0 Å². The maximum atomic E-state index is 12.8. The first-order valence-electron chi connectivity index (χ1n) is 9.52. The molecule has 0 radical (unpaired) electrons. The van der Waals surface area contributed by atoms with Gasteiger partial charge in [-0.05, 0) is 43.7 Å². The standard InChI is InChI=1S/C19H24ClN5OS/c20-15-8-3-6-14(11-15)18-22-23-19(25(18)21)27-12-17(26)24-10-4-7-13-5-1-2-9-16(13)24/h3,6,8,11,13,16H,1-2,4-5,7,9-10,12,21H2/t13-,16-/m1/s1. The Morgan fingerprint density at radius 3 is 2.89 bits per heavy atom. The number of nitrogen functional groups attached to an aromatic ring is 1. The fourth-order valence-corrected chi connectivity index (χ4v) is 5.28. The van der Waals surface area contributed by atoms with Crippen LogP contribution in [0.3, 0.4) is 0 Å². The van der Waals surface area contributed by atoms with E-state index in [-0.39, 0.29) is 5.91 Å². The number of hydrogen-bond acceptors (Lipinski definition) is 5. The van der Waals surface area contributed by atoms with Crippen molar-refractivity contribution in [3.8, 4) is 11.4 Å². The summed E-state index contributed by atoms with van der Waals surface area (Å²) in [6.45, 7) is 0.879. The fraction of sp³-hybridized carbons (Fsp3) is 0.526. The van der Waals surface area contributed by atoms with Gasteiger partial charge in [-0.3, -0.25) is 4.79 Å². The average Bonchev–Trinajstić information content (AvgIpc) is 3.06. The third kappa shape index (κ3) is 3.94. The number of piperidine rings is 1. The minimum atomic E-state index is 0.184. The Bertz CT molecular complexity index is 824. The summed E-state index contributed by atoms with van der Waals surface area (Å²) < 4.78 is 1.43. The van der Waals surface area contributed by atoms with Gasteiger partial charge in [-0.15, -0.1) is 10.2 Å². The van der Waals surface area contributed by atoms with Crippen molar-refractivity contribution in [3.05, 3.63) is 29.3 Å². The normalized spacial score (nSPS) is 22.5. The molecule has 0 bridgehead atoms. The molecule has 2 atom stereocenters. The van der Waals surface area contributed by atoms with Gasteiger partial charge in [0.15, 0.2) is 5.82 Å². The SMILES string of the molecule is Nn1c(SCC(=O)N2CCC[C@H]3CCCC[C@H]32)nnc1-c1cccc(Cl)c1. The molecule has 0 unspecified atom stereocenters. The third-order valence-electron chi connectivity index (χ3n) is 5.64. The number of nitrogens with two attached hydrogens (primary N) is 1. The first-order valence-corrected chi connectivity index (χ1v) is 10.9. The van der Waals surface area contributed by atoms with Crippen LogP contribution in [0.5, 0.6) is 0 Å². The quantitative estimate of drug-likeness (QED) is 0.621. The van der Waals surface area contributed by atoms with E-state index < -0.39 is 0 Å². The fourth-order valence-electron chi connectivity index (χ4n) is 4.34. The number of rotatable bonds is 4. The molecule has 1 aromatic carbocycles. The summed E-state index contributed by atoms with van der Waals surface area (Å²) in [6.07, 6.45) is 7.33. The maximum Gasteiger partial charge on any atom is 0.233 e. The predicted octanol–water partition coefficient (Wildman–Crippen LogP) is 3.59. The van der Waals surface area contributed by atoms with E-state index in [9.17, 15) is 4.79 Å². The number of nitrogens with zero attached hydrogens (tertiary/aromatic N) is 4. The summed E-state index contributed by atoms with van der Waals surface area (Å²) in [6, 6.07) is 7.76. The van der Waals surface area contributed by atoms with Gasteiger partial charge in [0.2, 0.25) is 11.1 Å². The van der Waals surface area contributed by atoms with Crippen LogP contribution in [0.25, 0.3) is 11.4 Å². The number of fused-ring (bicyclic) bond motifs is 1. The van der Waals surface area contributed by atoms with Gasteiger partial charge in [0, 0.05) is 23.2 Å². The zero-order chi connectivity index (χ0) is 18.8. The molecule has 1 saturated carbocycles. The van der Waals surface area contributed by atoms with Crippen molar-refractivity contribution in [2.24, 2.45) is 5.92 Å². The van der Waals surface area contributed by atoms with E-state index in [2.05, 4.69) is 15.1 Å². The number of amides is 1. The number of aromatic nitrogens is 3. The molecular formula is C19H24ClN5OS. The Morgan fingerprint density at radius 1 is 1.22 bits per heavy atom. The highest BCUT2D eigenvalue weighted by molar-refractivity contribution is 7.99. The van der Waals surface area contributed by atoms with Crippen LogP contribution in [0.4, 0.5) is 0 Å². The molecule has 1 aromatic heterocycles. The van der Waals surface area contributed by atoms with Crippen molar-refractivity contribution in [1.82, 2.24) is 19.8 Å². The molecule has 2 aromatic rings. The Balaban J connectivity index is 1.42. The van der Waals surface area contributed by atoms with Crippen molar-refractivity contribution in [3.63, 3.8) is 0 Å². The van der Waals surface area contributed by atoms with Gasteiger partial charge in [-0.25, -0.2) is 4.68 Å². The molecule has 4 rings (SSSR count). The van der Waals surface area contributed by atoms with E-state index in [0.29, 0.717) is 33.7 Å². The predicted molar refractivity (Wildman–Crippen MR) is 108 cm³/mol. The maximum absolute atomic E-state index is 12.8. The molecule has 144 valence electrons. The Hall–Kier alpha value is -1.73. The lowest BCUT2D eigenvalue weighted by atomic mass is 9.78. The largest absolute Gasteiger partial charge is 0.339 e. The molecule has 8 heteroatoms. The van der Waals surface area contributed by atoms with Crippen LogP contribution < -0.4 is 5.84 Å². The number of thioether (sulfide) groups is 1. The second kappa shape index (κ2) is 8.10. The average molecular weight is 406 g/mol. The first kappa shape index (κ1) is 18.6. The van der Waals surface area contributed by atoms with Crippen LogP contribution in [0.2, 0.25) is 5.02 Å². The minimum absolute atomic E-state index is 0.184. The molecular weight excluding hydrogens is 382 g/mol. The monoisotopic (exact) mass is 405 g/mol. The van der Waals surface area contributed by atoms with Gasteiger partial charge in [-0.2, -0.15) is 0 Å². The van der Waals surface area contributed by atoms with E-state index in [0.717, 1.165) is 24.9 Å². The highest BCUT2D eigenvalue weighted by atomic mass is 35.5.